The van der Waals surface area contributed by atoms with Crippen molar-refractivity contribution in [3.8, 4) is 0 Å². The molecular weight excluding hydrogens is 250 g/mol. The van der Waals surface area contributed by atoms with Gasteiger partial charge < -0.3 is 9.64 Å². The highest BCUT2D eigenvalue weighted by Gasteiger charge is 2.16. The van der Waals surface area contributed by atoms with E-state index in [-0.39, 0.29) is 0 Å². The van der Waals surface area contributed by atoms with Crippen LogP contribution in [0.2, 0.25) is 5.02 Å². The number of benzene rings is 1. The van der Waals surface area contributed by atoms with E-state index in [1.165, 1.54) is 6.42 Å². The predicted octanol–water partition coefficient (Wildman–Crippen LogP) is 3.02. The molecule has 1 fully saturated rings. The normalized spacial score (nSPS) is 19.6. The van der Waals surface area contributed by atoms with Gasteiger partial charge >= 0.3 is 0 Å². The van der Waals surface area contributed by atoms with E-state index in [0.717, 1.165) is 38.2 Å². The molecule has 0 saturated carbocycles. The third-order valence-electron chi connectivity index (χ3n) is 3.34. The van der Waals surface area contributed by atoms with Gasteiger partial charge in [0.25, 0.3) is 0 Å². The number of hydrogen-bond donors (Lipinski definition) is 0. The summed E-state index contributed by atoms with van der Waals surface area (Å²) < 4.78 is 5.48. The van der Waals surface area contributed by atoms with Crippen LogP contribution in [0, 0.1) is 5.92 Å². The Kier molecular flexibility index (Phi) is 4.61. The summed E-state index contributed by atoms with van der Waals surface area (Å²) in [6.45, 7) is 2.68. The molecule has 1 aliphatic heterocycles. The Bertz CT molecular complexity index is 416. The number of aldehydes is 1. The van der Waals surface area contributed by atoms with Crippen LogP contribution in [0.3, 0.4) is 0 Å². The number of halogens is 1. The number of hydrogen-bond acceptors (Lipinski definition) is 3. The minimum Gasteiger partial charge on any atom is -0.381 e. The monoisotopic (exact) mass is 267 g/mol. The molecular formula is C14H18ClNO2. The van der Waals surface area contributed by atoms with Gasteiger partial charge in [-0.1, -0.05) is 11.6 Å². The van der Waals surface area contributed by atoms with Crippen molar-refractivity contribution in [2.24, 2.45) is 5.92 Å². The fraction of sp³-hybridized carbons (Fsp3) is 0.500. The van der Waals surface area contributed by atoms with Crippen LogP contribution < -0.4 is 4.90 Å². The Morgan fingerprint density at radius 3 is 3.00 bits per heavy atom. The van der Waals surface area contributed by atoms with Crippen molar-refractivity contribution in [1.82, 2.24) is 0 Å². The van der Waals surface area contributed by atoms with Crippen LogP contribution in [0.1, 0.15) is 23.2 Å². The van der Waals surface area contributed by atoms with Gasteiger partial charge in [-0.25, -0.2) is 0 Å². The minimum absolute atomic E-state index is 0.509. The van der Waals surface area contributed by atoms with Crippen molar-refractivity contribution in [3.05, 3.63) is 28.8 Å². The lowest BCUT2D eigenvalue weighted by Gasteiger charge is -2.28. The van der Waals surface area contributed by atoms with Gasteiger partial charge in [0.2, 0.25) is 0 Å². The predicted molar refractivity (Wildman–Crippen MR) is 73.7 cm³/mol. The van der Waals surface area contributed by atoms with Crippen molar-refractivity contribution in [2.45, 2.75) is 12.8 Å². The van der Waals surface area contributed by atoms with Gasteiger partial charge in [0.15, 0.2) is 6.29 Å². The molecule has 4 heteroatoms. The molecule has 2 rings (SSSR count). The summed E-state index contributed by atoms with van der Waals surface area (Å²) in [4.78, 5) is 12.9. The van der Waals surface area contributed by atoms with E-state index in [1.54, 1.807) is 6.07 Å². The second kappa shape index (κ2) is 6.21. The lowest BCUT2D eigenvalue weighted by atomic mass is 10.0. The lowest BCUT2D eigenvalue weighted by Crippen LogP contribution is -2.30. The molecule has 18 heavy (non-hydrogen) atoms. The van der Waals surface area contributed by atoms with E-state index in [9.17, 15) is 4.79 Å². The summed E-state index contributed by atoms with van der Waals surface area (Å²) >= 11 is 6.03. The summed E-state index contributed by atoms with van der Waals surface area (Å²) in [6, 6.07) is 5.53. The molecule has 0 aromatic heterocycles. The zero-order valence-corrected chi connectivity index (χ0v) is 11.3. The minimum atomic E-state index is 0.509. The molecule has 98 valence electrons. The second-order valence-corrected chi connectivity index (χ2v) is 5.19. The number of anilines is 1. The maximum atomic E-state index is 10.7. The molecule has 1 unspecified atom stereocenters. The van der Waals surface area contributed by atoms with Crippen molar-refractivity contribution >= 4 is 23.6 Å². The van der Waals surface area contributed by atoms with Crippen LogP contribution in [0.25, 0.3) is 0 Å². The number of ether oxygens (including phenoxy) is 1. The third-order valence-corrected chi connectivity index (χ3v) is 3.67. The van der Waals surface area contributed by atoms with E-state index >= 15 is 0 Å². The molecule has 0 radical (unpaired) electrons. The van der Waals surface area contributed by atoms with Crippen LogP contribution >= 0.6 is 11.6 Å². The first-order chi connectivity index (χ1) is 8.70. The van der Waals surface area contributed by atoms with Crippen molar-refractivity contribution in [2.75, 3.05) is 31.7 Å². The molecule has 1 aromatic rings. The van der Waals surface area contributed by atoms with Gasteiger partial charge in [-0.3, -0.25) is 4.79 Å². The summed E-state index contributed by atoms with van der Waals surface area (Å²) in [5.74, 6) is 0.577. The quantitative estimate of drug-likeness (QED) is 0.786. The molecule has 1 saturated heterocycles. The number of carbonyl (C=O) groups is 1. The Morgan fingerprint density at radius 2 is 2.39 bits per heavy atom. The Balaban J connectivity index is 2.01. The lowest BCUT2D eigenvalue weighted by molar-refractivity contribution is 0.0576. The maximum absolute atomic E-state index is 10.7. The summed E-state index contributed by atoms with van der Waals surface area (Å²) in [6.07, 6.45) is 3.13. The van der Waals surface area contributed by atoms with E-state index in [1.807, 2.05) is 19.2 Å². The third kappa shape index (κ3) is 3.24. The highest BCUT2D eigenvalue weighted by molar-refractivity contribution is 6.33. The molecule has 0 amide bonds. The molecule has 1 aromatic carbocycles. The SMILES string of the molecule is CN(CC1CCCOC1)c1ccc(C=O)c(Cl)c1. The topological polar surface area (TPSA) is 29.5 Å². The largest absolute Gasteiger partial charge is 0.381 e. The Hall–Kier alpha value is -1.06. The van der Waals surface area contributed by atoms with Crippen LogP contribution in [0.4, 0.5) is 5.69 Å². The average Bonchev–Trinajstić information content (AvgIpc) is 2.39. The van der Waals surface area contributed by atoms with Gasteiger partial charge in [-0.2, -0.15) is 0 Å². The maximum Gasteiger partial charge on any atom is 0.151 e. The number of nitrogens with zero attached hydrogens (tertiary/aromatic N) is 1. The van der Waals surface area contributed by atoms with Gasteiger partial charge in [-0.15, -0.1) is 0 Å². The van der Waals surface area contributed by atoms with Crippen molar-refractivity contribution in [3.63, 3.8) is 0 Å². The van der Waals surface area contributed by atoms with Crippen LogP contribution in [-0.2, 0) is 4.74 Å². The smallest absolute Gasteiger partial charge is 0.151 e. The highest BCUT2D eigenvalue weighted by atomic mass is 35.5. The summed E-state index contributed by atoms with van der Waals surface area (Å²) in [5, 5.41) is 0.509. The van der Waals surface area contributed by atoms with E-state index < -0.39 is 0 Å². The van der Waals surface area contributed by atoms with Crippen LogP contribution in [0.5, 0.6) is 0 Å². The van der Waals surface area contributed by atoms with Gasteiger partial charge in [0.1, 0.15) is 0 Å². The summed E-state index contributed by atoms with van der Waals surface area (Å²) in [5.41, 5.74) is 1.57. The molecule has 0 bridgehead atoms. The standard InChI is InChI=1S/C14H18ClNO2/c1-16(8-11-3-2-6-18-10-11)13-5-4-12(9-17)14(15)7-13/h4-5,7,9,11H,2-3,6,8,10H2,1H3. The Labute approximate surface area is 113 Å². The second-order valence-electron chi connectivity index (χ2n) is 4.79. The zero-order valence-electron chi connectivity index (χ0n) is 10.6. The molecule has 0 N–H and O–H groups in total. The van der Waals surface area contributed by atoms with E-state index in [0.29, 0.717) is 16.5 Å². The molecule has 1 aliphatic rings. The van der Waals surface area contributed by atoms with E-state index in [2.05, 4.69) is 4.90 Å². The van der Waals surface area contributed by atoms with Crippen molar-refractivity contribution < 1.29 is 9.53 Å². The van der Waals surface area contributed by atoms with Gasteiger partial charge in [-0.05, 0) is 37.0 Å². The average molecular weight is 268 g/mol. The molecule has 0 spiro atoms. The van der Waals surface area contributed by atoms with Crippen LogP contribution in [0.15, 0.2) is 18.2 Å². The number of carbonyl (C=O) groups excluding carboxylic acids is 1. The first-order valence-electron chi connectivity index (χ1n) is 6.24. The zero-order chi connectivity index (χ0) is 13.0. The molecule has 3 nitrogen and oxygen atoms in total. The van der Waals surface area contributed by atoms with Crippen molar-refractivity contribution in [1.29, 1.82) is 0 Å². The molecule has 1 atom stereocenters. The van der Waals surface area contributed by atoms with E-state index in [4.69, 9.17) is 16.3 Å². The molecule has 1 heterocycles. The fourth-order valence-electron chi connectivity index (χ4n) is 2.29. The van der Waals surface area contributed by atoms with Gasteiger partial charge in [0, 0.05) is 31.5 Å². The fourth-order valence-corrected chi connectivity index (χ4v) is 2.51. The first kappa shape index (κ1) is 13.4. The summed E-state index contributed by atoms with van der Waals surface area (Å²) in [7, 11) is 2.04. The first-order valence-corrected chi connectivity index (χ1v) is 6.62. The van der Waals surface area contributed by atoms with Crippen LogP contribution in [-0.4, -0.2) is 33.1 Å². The number of rotatable bonds is 4. The van der Waals surface area contributed by atoms with Gasteiger partial charge in [0.05, 0.1) is 11.6 Å². The molecule has 0 aliphatic carbocycles. The Morgan fingerprint density at radius 1 is 1.56 bits per heavy atom. The highest BCUT2D eigenvalue weighted by Crippen LogP contribution is 2.24.